The number of ether oxygens (including phenoxy) is 1. The van der Waals surface area contributed by atoms with Crippen molar-refractivity contribution in [3.8, 4) is 5.75 Å². The summed E-state index contributed by atoms with van der Waals surface area (Å²) in [6.45, 7) is 1.94. The quantitative estimate of drug-likeness (QED) is 0.854. The lowest BCUT2D eigenvalue weighted by atomic mass is 9.92. The second-order valence-corrected chi connectivity index (χ2v) is 5.17. The van der Waals surface area contributed by atoms with E-state index >= 15 is 0 Å². The monoisotopic (exact) mass is 264 g/mol. The molecule has 5 heteroatoms. The van der Waals surface area contributed by atoms with E-state index in [4.69, 9.17) is 4.74 Å². The number of benzene rings is 1. The Bertz CT molecular complexity index is 498. The number of rotatable bonds is 2. The molecule has 19 heavy (non-hydrogen) atoms. The number of amides is 1. The first-order valence-corrected chi connectivity index (χ1v) is 6.69. The van der Waals surface area contributed by atoms with Gasteiger partial charge in [0.15, 0.2) is 12.4 Å². The van der Waals surface area contributed by atoms with E-state index in [1.165, 1.54) is 0 Å². The smallest absolute Gasteiger partial charge is 0.262 e. The van der Waals surface area contributed by atoms with Crippen LogP contribution in [0.2, 0.25) is 0 Å². The molecular formula is C14H17FN2O2. The van der Waals surface area contributed by atoms with Gasteiger partial charge in [0.1, 0.15) is 11.4 Å². The maximum atomic E-state index is 14.4. The van der Waals surface area contributed by atoms with Gasteiger partial charge in [-0.1, -0.05) is 6.07 Å². The summed E-state index contributed by atoms with van der Waals surface area (Å²) < 4.78 is 19.6. The predicted octanol–water partition coefficient (Wildman–Crippen LogP) is 1.70. The van der Waals surface area contributed by atoms with E-state index < -0.39 is 0 Å². The molecule has 4 nitrogen and oxygen atoms in total. The molecule has 1 atom stereocenters. The fraction of sp³-hybridized carbons (Fsp3) is 0.500. The summed E-state index contributed by atoms with van der Waals surface area (Å²) in [6, 6.07) is 3.50. The average Bonchev–Trinajstić information content (AvgIpc) is 2.44. The molecule has 0 aliphatic carbocycles. The van der Waals surface area contributed by atoms with Crippen molar-refractivity contribution in [3.63, 3.8) is 0 Å². The van der Waals surface area contributed by atoms with Crippen LogP contribution in [0.3, 0.4) is 0 Å². The van der Waals surface area contributed by atoms with Crippen LogP contribution in [0.1, 0.15) is 18.4 Å². The third-order valence-corrected chi connectivity index (χ3v) is 3.71. The van der Waals surface area contributed by atoms with Crippen molar-refractivity contribution >= 4 is 11.6 Å². The predicted molar refractivity (Wildman–Crippen MR) is 69.8 cm³/mol. The normalized spacial score (nSPS) is 22.4. The number of carbonyl (C=O) groups is 1. The third kappa shape index (κ3) is 2.56. The fourth-order valence-electron chi connectivity index (χ4n) is 2.72. The minimum atomic E-state index is -0.351. The molecule has 2 N–H and O–H groups in total. The highest BCUT2D eigenvalue weighted by molar-refractivity contribution is 5.95. The lowest BCUT2D eigenvalue weighted by Crippen LogP contribution is -2.31. The van der Waals surface area contributed by atoms with E-state index in [0.29, 0.717) is 23.7 Å². The number of piperidine rings is 1. The molecule has 0 spiro atoms. The number of carbonyl (C=O) groups excluding carboxylic acids is 1. The van der Waals surface area contributed by atoms with Crippen molar-refractivity contribution in [2.45, 2.75) is 19.3 Å². The average molecular weight is 264 g/mol. The third-order valence-electron chi connectivity index (χ3n) is 3.71. The molecule has 0 radical (unpaired) electrons. The topological polar surface area (TPSA) is 50.4 Å². The Kier molecular flexibility index (Phi) is 3.38. The standard InChI is InChI=1S/C14H17FN2O2/c15-13-10(6-9-2-1-5-16-7-9)3-4-11-14(13)17-12(18)8-19-11/h3-4,9,16H,1-2,5-8H2,(H,17,18). The van der Waals surface area contributed by atoms with E-state index in [-0.39, 0.29) is 24.0 Å². The highest BCUT2D eigenvalue weighted by Crippen LogP contribution is 2.33. The number of hydrogen-bond donors (Lipinski definition) is 2. The summed E-state index contributed by atoms with van der Waals surface area (Å²) in [4.78, 5) is 11.3. The molecule has 2 heterocycles. The number of hydrogen-bond acceptors (Lipinski definition) is 3. The Morgan fingerprint density at radius 1 is 1.42 bits per heavy atom. The van der Waals surface area contributed by atoms with Gasteiger partial charge in [-0.05, 0) is 49.9 Å². The van der Waals surface area contributed by atoms with Crippen LogP contribution in [-0.2, 0) is 11.2 Å². The van der Waals surface area contributed by atoms with E-state index in [9.17, 15) is 9.18 Å². The molecular weight excluding hydrogens is 247 g/mol. The number of anilines is 1. The van der Waals surface area contributed by atoms with Crippen LogP contribution in [0.4, 0.5) is 10.1 Å². The number of halogens is 1. The Hall–Kier alpha value is -1.62. The maximum Gasteiger partial charge on any atom is 0.262 e. The zero-order valence-corrected chi connectivity index (χ0v) is 10.7. The highest BCUT2D eigenvalue weighted by Gasteiger charge is 2.23. The Labute approximate surface area is 111 Å². The van der Waals surface area contributed by atoms with Crippen molar-refractivity contribution < 1.29 is 13.9 Å². The van der Waals surface area contributed by atoms with Gasteiger partial charge in [-0.3, -0.25) is 4.79 Å². The van der Waals surface area contributed by atoms with E-state index in [1.54, 1.807) is 12.1 Å². The molecule has 2 aliphatic heterocycles. The molecule has 0 bridgehead atoms. The van der Waals surface area contributed by atoms with Crippen LogP contribution < -0.4 is 15.4 Å². The van der Waals surface area contributed by atoms with Crippen LogP contribution in [0, 0.1) is 11.7 Å². The van der Waals surface area contributed by atoms with Crippen molar-refractivity contribution in [3.05, 3.63) is 23.5 Å². The molecule has 0 aromatic heterocycles. The van der Waals surface area contributed by atoms with Crippen LogP contribution in [0.25, 0.3) is 0 Å². The first-order chi connectivity index (χ1) is 9.24. The second kappa shape index (κ2) is 5.17. The zero-order valence-electron chi connectivity index (χ0n) is 10.7. The molecule has 1 aromatic rings. The summed E-state index contributed by atoms with van der Waals surface area (Å²) in [5.74, 6) is 0.225. The van der Waals surface area contributed by atoms with Gasteiger partial charge in [-0.2, -0.15) is 0 Å². The summed E-state index contributed by atoms with van der Waals surface area (Å²) >= 11 is 0. The molecule has 0 saturated carbocycles. The van der Waals surface area contributed by atoms with Crippen molar-refractivity contribution in [2.75, 3.05) is 25.0 Å². The van der Waals surface area contributed by atoms with Gasteiger partial charge in [0, 0.05) is 0 Å². The van der Waals surface area contributed by atoms with Gasteiger partial charge >= 0.3 is 0 Å². The second-order valence-electron chi connectivity index (χ2n) is 5.17. The molecule has 2 aliphatic rings. The number of nitrogens with one attached hydrogen (secondary N) is 2. The van der Waals surface area contributed by atoms with Gasteiger partial charge in [-0.25, -0.2) is 4.39 Å². The minimum Gasteiger partial charge on any atom is -0.481 e. The van der Waals surface area contributed by atoms with Crippen LogP contribution in [-0.4, -0.2) is 25.6 Å². The SMILES string of the molecule is O=C1COc2ccc(CC3CCCNC3)c(F)c2N1. The van der Waals surface area contributed by atoms with Crippen LogP contribution in [0.5, 0.6) is 5.75 Å². The molecule has 102 valence electrons. The fourth-order valence-corrected chi connectivity index (χ4v) is 2.72. The molecule has 1 saturated heterocycles. The minimum absolute atomic E-state index is 0.0433. The Balaban J connectivity index is 1.82. The molecule has 1 fully saturated rings. The zero-order chi connectivity index (χ0) is 13.2. The summed E-state index contributed by atoms with van der Waals surface area (Å²) in [5.41, 5.74) is 0.843. The first-order valence-electron chi connectivity index (χ1n) is 6.69. The van der Waals surface area contributed by atoms with Crippen LogP contribution in [0.15, 0.2) is 12.1 Å². The molecule has 1 unspecified atom stereocenters. The van der Waals surface area contributed by atoms with Gasteiger partial charge in [0.25, 0.3) is 5.91 Å². The van der Waals surface area contributed by atoms with Crippen molar-refractivity contribution in [1.82, 2.24) is 5.32 Å². The Morgan fingerprint density at radius 2 is 2.32 bits per heavy atom. The molecule has 3 rings (SSSR count). The molecule has 1 aromatic carbocycles. The first kappa shape index (κ1) is 12.4. The summed E-state index contributed by atoms with van der Waals surface area (Å²) in [7, 11) is 0. The lowest BCUT2D eigenvalue weighted by Gasteiger charge is -2.24. The summed E-state index contributed by atoms with van der Waals surface area (Å²) in [5, 5.41) is 5.88. The van der Waals surface area contributed by atoms with E-state index in [0.717, 1.165) is 25.9 Å². The maximum absolute atomic E-state index is 14.4. The number of fused-ring (bicyclic) bond motifs is 1. The Morgan fingerprint density at radius 3 is 3.11 bits per heavy atom. The van der Waals surface area contributed by atoms with Gasteiger partial charge < -0.3 is 15.4 Å². The highest BCUT2D eigenvalue weighted by atomic mass is 19.1. The lowest BCUT2D eigenvalue weighted by molar-refractivity contribution is -0.118. The van der Waals surface area contributed by atoms with E-state index in [2.05, 4.69) is 10.6 Å². The van der Waals surface area contributed by atoms with Crippen molar-refractivity contribution in [1.29, 1.82) is 0 Å². The van der Waals surface area contributed by atoms with Crippen molar-refractivity contribution in [2.24, 2.45) is 5.92 Å². The summed E-state index contributed by atoms with van der Waals surface area (Å²) in [6.07, 6.45) is 2.95. The molecule has 1 amide bonds. The van der Waals surface area contributed by atoms with Gasteiger partial charge in [-0.15, -0.1) is 0 Å². The largest absolute Gasteiger partial charge is 0.481 e. The van der Waals surface area contributed by atoms with Gasteiger partial charge in [0.05, 0.1) is 0 Å². The van der Waals surface area contributed by atoms with Crippen LogP contribution >= 0.6 is 0 Å². The van der Waals surface area contributed by atoms with E-state index in [1.807, 2.05) is 0 Å². The van der Waals surface area contributed by atoms with Gasteiger partial charge in [0.2, 0.25) is 0 Å².